The zero-order valence-corrected chi connectivity index (χ0v) is 14.7. The highest BCUT2D eigenvalue weighted by molar-refractivity contribution is 5.94. The maximum Gasteiger partial charge on any atom is 0.251 e. The number of hydrogen-bond donors (Lipinski definition) is 1. The molecule has 1 atom stereocenters. The van der Waals surface area contributed by atoms with Crippen LogP contribution < -0.4 is 10.1 Å². The first-order valence-electron chi connectivity index (χ1n) is 8.46. The Bertz CT molecular complexity index is 834. The van der Waals surface area contributed by atoms with E-state index in [4.69, 9.17) is 4.74 Å². The Labute approximate surface area is 152 Å². The summed E-state index contributed by atoms with van der Waals surface area (Å²) in [4.78, 5) is 18.4. The van der Waals surface area contributed by atoms with Gasteiger partial charge in [0.15, 0.2) is 0 Å². The summed E-state index contributed by atoms with van der Waals surface area (Å²) in [7, 11) is 0. The maximum absolute atomic E-state index is 12.7. The summed E-state index contributed by atoms with van der Waals surface area (Å²) in [6, 6.07) is 12.4. The summed E-state index contributed by atoms with van der Waals surface area (Å²) in [5, 5.41) is 11.3. The Kier molecular flexibility index (Phi) is 5.58. The molecule has 7 nitrogen and oxygen atoms in total. The molecular weight excluding hydrogens is 330 g/mol. The lowest BCUT2D eigenvalue weighted by Crippen LogP contribution is -2.42. The van der Waals surface area contributed by atoms with Gasteiger partial charge in [0.25, 0.3) is 5.91 Å². The summed E-state index contributed by atoms with van der Waals surface area (Å²) in [6.45, 7) is 4.62. The van der Waals surface area contributed by atoms with E-state index < -0.39 is 0 Å². The first kappa shape index (κ1) is 17.6. The molecule has 0 fully saturated rings. The van der Waals surface area contributed by atoms with E-state index in [0.29, 0.717) is 23.7 Å². The van der Waals surface area contributed by atoms with E-state index in [1.54, 1.807) is 53.7 Å². The molecule has 3 aromatic rings. The molecule has 0 aliphatic rings. The Hall–Kier alpha value is -3.22. The Balaban J connectivity index is 1.69. The number of nitrogens with one attached hydrogen (secondary N) is 1. The van der Waals surface area contributed by atoms with Crippen LogP contribution in [0.1, 0.15) is 24.2 Å². The fraction of sp³-hybridized carbons (Fsp3) is 0.263. The largest absolute Gasteiger partial charge is 0.439 e. The quantitative estimate of drug-likeness (QED) is 0.708. The number of hydrogen-bond acceptors (Lipinski definition) is 5. The second-order valence-corrected chi connectivity index (χ2v) is 6.21. The molecule has 0 bridgehead atoms. The number of amides is 1. The van der Waals surface area contributed by atoms with Crippen molar-refractivity contribution in [2.75, 3.05) is 0 Å². The van der Waals surface area contributed by atoms with Crippen molar-refractivity contribution in [1.82, 2.24) is 25.3 Å². The molecule has 3 rings (SSSR count). The third kappa shape index (κ3) is 4.66. The third-order valence-corrected chi connectivity index (χ3v) is 3.90. The Morgan fingerprint density at radius 1 is 1.12 bits per heavy atom. The van der Waals surface area contributed by atoms with Gasteiger partial charge >= 0.3 is 0 Å². The highest BCUT2D eigenvalue weighted by Gasteiger charge is 2.19. The molecule has 7 heteroatoms. The van der Waals surface area contributed by atoms with E-state index in [9.17, 15) is 4.79 Å². The van der Waals surface area contributed by atoms with Gasteiger partial charge in [0.2, 0.25) is 5.88 Å². The van der Waals surface area contributed by atoms with Crippen LogP contribution in [0.4, 0.5) is 0 Å². The average molecular weight is 351 g/mol. The molecule has 1 aromatic carbocycles. The highest BCUT2D eigenvalue weighted by Crippen LogP contribution is 2.20. The van der Waals surface area contributed by atoms with Crippen molar-refractivity contribution in [3.63, 3.8) is 0 Å². The molecular formula is C19H21N5O2. The Morgan fingerprint density at radius 3 is 2.62 bits per heavy atom. The van der Waals surface area contributed by atoms with E-state index in [1.165, 1.54) is 0 Å². The smallest absolute Gasteiger partial charge is 0.251 e. The molecule has 1 amide bonds. The van der Waals surface area contributed by atoms with Gasteiger partial charge in [-0.05, 0) is 30.2 Å². The van der Waals surface area contributed by atoms with Crippen LogP contribution in [0, 0.1) is 5.92 Å². The van der Waals surface area contributed by atoms with Crippen molar-refractivity contribution in [2.45, 2.75) is 26.4 Å². The van der Waals surface area contributed by atoms with Crippen LogP contribution in [-0.2, 0) is 6.54 Å². The number of carbonyl (C=O) groups excluding carboxylic acids is 1. The summed E-state index contributed by atoms with van der Waals surface area (Å²) >= 11 is 0. The van der Waals surface area contributed by atoms with Crippen LogP contribution in [0.2, 0.25) is 0 Å². The molecule has 26 heavy (non-hydrogen) atoms. The summed E-state index contributed by atoms with van der Waals surface area (Å²) < 4.78 is 5.69. The maximum atomic E-state index is 12.7. The lowest BCUT2D eigenvalue weighted by molar-refractivity contribution is 0.0917. The monoisotopic (exact) mass is 351 g/mol. The van der Waals surface area contributed by atoms with Crippen molar-refractivity contribution in [3.05, 3.63) is 66.6 Å². The van der Waals surface area contributed by atoms with E-state index in [0.717, 1.165) is 0 Å². The average Bonchev–Trinajstić information content (AvgIpc) is 3.15. The number of aromatic nitrogens is 4. The van der Waals surface area contributed by atoms with Gasteiger partial charge in [-0.1, -0.05) is 26.0 Å². The SMILES string of the molecule is CC(C)C(Cn1nccn1)NC(=O)c1cccc(Oc2ccccn2)c1. The fourth-order valence-corrected chi connectivity index (χ4v) is 2.42. The predicted octanol–water partition coefficient (Wildman–Crippen LogP) is 2.92. The molecule has 0 saturated heterocycles. The van der Waals surface area contributed by atoms with Crippen LogP contribution in [0.15, 0.2) is 61.1 Å². The van der Waals surface area contributed by atoms with Gasteiger partial charge in [0.05, 0.1) is 25.0 Å². The zero-order valence-electron chi connectivity index (χ0n) is 14.7. The minimum absolute atomic E-state index is 0.0877. The number of pyridine rings is 1. The molecule has 0 radical (unpaired) electrons. The third-order valence-electron chi connectivity index (χ3n) is 3.90. The minimum Gasteiger partial charge on any atom is -0.439 e. The molecule has 1 unspecified atom stereocenters. The van der Waals surface area contributed by atoms with Crippen molar-refractivity contribution in [1.29, 1.82) is 0 Å². The molecule has 0 spiro atoms. The van der Waals surface area contributed by atoms with E-state index >= 15 is 0 Å². The van der Waals surface area contributed by atoms with Gasteiger partial charge in [-0.15, -0.1) is 0 Å². The molecule has 0 aliphatic carbocycles. The normalized spacial score (nSPS) is 12.0. The van der Waals surface area contributed by atoms with Crippen LogP contribution in [0.5, 0.6) is 11.6 Å². The van der Waals surface area contributed by atoms with E-state index in [2.05, 4.69) is 34.3 Å². The van der Waals surface area contributed by atoms with Crippen molar-refractivity contribution in [3.8, 4) is 11.6 Å². The zero-order chi connectivity index (χ0) is 18.4. The molecule has 2 heterocycles. The fourth-order valence-electron chi connectivity index (χ4n) is 2.42. The molecule has 2 aromatic heterocycles. The molecule has 1 N–H and O–H groups in total. The molecule has 0 aliphatic heterocycles. The standard InChI is InChI=1S/C19H21N5O2/c1-14(2)17(13-24-21-10-11-22-24)23-19(25)15-6-5-7-16(12-15)26-18-8-3-4-9-20-18/h3-12,14,17H,13H2,1-2H3,(H,23,25). The lowest BCUT2D eigenvalue weighted by atomic mass is 10.0. The van der Waals surface area contributed by atoms with Gasteiger partial charge in [-0.3, -0.25) is 4.79 Å². The van der Waals surface area contributed by atoms with Crippen LogP contribution in [0.3, 0.4) is 0 Å². The summed E-state index contributed by atoms with van der Waals surface area (Å²) in [5.41, 5.74) is 0.525. The van der Waals surface area contributed by atoms with E-state index in [1.807, 2.05) is 12.1 Å². The highest BCUT2D eigenvalue weighted by atomic mass is 16.5. The van der Waals surface area contributed by atoms with Crippen LogP contribution in [0.25, 0.3) is 0 Å². The first-order chi connectivity index (χ1) is 12.6. The minimum atomic E-state index is -0.165. The number of nitrogens with zero attached hydrogens (tertiary/aromatic N) is 4. The topological polar surface area (TPSA) is 81.9 Å². The number of ether oxygens (including phenoxy) is 1. The first-order valence-corrected chi connectivity index (χ1v) is 8.46. The van der Waals surface area contributed by atoms with Gasteiger partial charge < -0.3 is 10.1 Å². The van der Waals surface area contributed by atoms with Crippen molar-refractivity contribution < 1.29 is 9.53 Å². The van der Waals surface area contributed by atoms with Crippen molar-refractivity contribution in [2.24, 2.45) is 5.92 Å². The van der Waals surface area contributed by atoms with Crippen molar-refractivity contribution >= 4 is 5.91 Å². The van der Waals surface area contributed by atoms with Crippen LogP contribution >= 0.6 is 0 Å². The van der Waals surface area contributed by atoms with Crippen LogP contribution in [-0.4, -0.2) is 31.9 Å². The van der Waals surface area contributed by atoms with Gasteiger partial charge in [-0.25, -0.2) is 4.98 Å². The molecule has 0 saturated carbocycles. The van der Waals surface area contributed by atoms with Gasteiger partial charge in [-0.2, -0.15) is 15.0 Å². The number of rotatable bonds is 7. The predicted molar refractivity (Wildman–Crippen MR) is 96.9 cm³/mol. The number of carbonyl (C=O) groups is 1. The second kappa shape index (κ2) is 8.24. The van der Waals surface area contributed by atoms with Gasteiger partial charge in [0.1, 0.15) is 5.75 Å². The summed E-state index contributed by atoms with van der Waals surface area (Å²) in [5.74, 6) is 1.11. The Morgan fingerprint density at radius 2 is 1.92 bits per heavy atom. The van der Waals surface area contributed by atoms with E-state index in [-0.39, 0.29) is 17.9 Å². The molecule has 134 valence electrons. The lowest BCUT2D eigenvalue weighted by Gasteiger charge is -2.22. The summed E-state index contributed by atoms with van der Waals surface area (Å²) in [6.07, 6.45) is 4.90. The van der Waals surface area contributed by atoms with Gasteiger partial charge in [0, 0.05) is 17.8 Å². The number of benzene rings is 1. The second-order valence-electron chi connectivity index (χ2n) is 6.21.